The molecule has 0 aliphatic heterocycles. The Morgan fingerprint density at radius 2 is 2.00 bits per heavy atom. The first-order valence-electron chi connectivity index (χ1n) is 6.42. The Morgan fingerprint density at radius 3 is 2.73 bits per heavy atom. The molecule has 114 valence electrons. The number of sulfonamides is 1. The molecule has 0 unspecified atom stereocenters. The molecule has 0 fully saturated rings. The average molecular weight is 398 g/mol. The standard InChI is InChI=1S/C15H12BrNO3S2/c16-13-4-1-2-6-15(13)22(18,19)17-9-12-8-11(10-21-12)14-5-3-7-20-14/h1-8,10,17H,9H2. The van der Waals surface area contributed by atoms with E-state index in [2.05, 4.69) is 20.7 Å². The Morgan fingerprint density at radius 1 is 1.18 bits per heavy atom. The Balaban J connectivity index is 1.74. The van der Waals surface area contributed by atoms with Crippen LogP contribution in [0.2, 0.25) is 0 Å². The highest BCUT2D eigenvalue weighted by atomic mass is 79.9. The Bertz CT molecular complexity index is 870. The normalized spacial score (nSPS) is 11.7. The van der Waals surface area contributed by atoms with Gasteiger partial charge in [-0.2, -0.15) is 0 Å². The van der Waals surface area contributed by atoms with Crippen molar-refractivity contribution < 1.29 is 12.8 Å². The molecule has 1 aromatic carbocycles. The van der Waals surface area contributed by atoms with Gasteiger partial charge in [-0.15, -0.1) is 11.3 Å². The van der Waals surface area contributed by atoms with Gasteiger partial charge in [0.1, 0.15) is 5.76 Å². The fourth-order valence-corrected chi connectivity index (χ4v) is 4.86. The van der Waals surface area contributed by atoms with Crippen molar-refractivity contribution in [2.24, 2.45) is 0 Å². The highest BCUT2D eigenvalue weighted by Gasteiger charge is 2.17. The van der Waals surface area contributed by atoms with Crippen LogP contribution in [0.1, 0.15) is 4.88 Å². The third-order valence-electron chi connectivity index (χ3n) is 3.02. The van der Waals surface area contributed by atoms with Gasteiger partial charge in [-0.1, -0.05) is 12.1 Å². The minimum Gasteiger partial charge on any atom is -0.464 e. The predicted octanol–water partition coefficient (Wildman–Crippen LogP) is 4.25. The summed E-state index contributed by atoms with van der Waals surface area (Å²) >= 11 is 4.75. The number of hydrogen-bond donors (Lipinski definition) is 1. The molecule has 22 heavy (non-hydrogen) atoms. The van der Waals surface area contributed by atoms with E-state index in [4.69, 9.17) is 4.42 Å². The van der Waals surface area contributed by atoms with Crippen molar-refractivity contribution in [1.29, 1.82) is 0 Å². The number of furan rings is 1. The highest BCUT2D eigenvalue weighted by molar-refractivity contribution is 9.10. The summed E-state index contributed by atoms with van der Waals surface area (Å²) in [6.45, 7) is 0.245. The lowest BCUT2D eigenvalue weighted by Crippen LogP contribution is -2.23. The zero-order valence-corrected chi connectivity index (χ0v) is 14.5. The topological polar surface area (TPSA) is 59.3 Å². The number of nitrogens with one attached hydrogen (secondary N) is 1. The van der Waals surface area contributed by atoms with Crippen molar-refractivity contribution in [3.63, 3.8) is 0 Å². The van der Waals surface area contributed by atoms with Crippen LogP contribution in [0.3, 0.4) is 0 Å². The van der Waals surface area contributed by atoms with Crippen molar-refractivity contribution in [2.45, 2.75) is 11.4 Å². The first-order chi connectivity index (χ1) is 10.6. The molecule has 1 N–H and O–H groups in total. The summed E-state index contributed by atoms with van der Waals surface area (Å²) in [7, 11) is -3.55. The molecule has 0 saturated heterocycles. The van der Waals surface area contributed by atoms with Crippen molar-refractivity contribution in [3.8, 4) is 11.3 Å². The van der Waals surface area contributed by atoms with Gasteiger partial charge >= 0.3 is 0 Å². The maximum Gasteiger partial charge on any atom is 0.242 e. The molecule has 7 heteroatoms. The molecular formula is C15H12BrNO3S2. The van der Waals surface area contributed by atoms with Crippen molar-refractivity contribution in [3.05, 3.63) is 63.5 Å². The van der Waals surface area contributed by atoms with E-state index in [-0.39, 0.29) is 11.4 Å². The fourth-order valence-electron chi connectivity index (χ4n) is 1.95. The number of rotatable bonds is 5. The van der Waals surface area contributed by atoms with Gasteiger partial charge < -0.3 is 4.42 Å². The molecule has 3 rings (SSSR count). The molecule has 0 bridgehead atoms. The largest absolute Gasteiger partial charge is 0.464 e. The molecule has 0 atom stereocenters. The van der Waals surface area contributed by atoms with E-state index in [0.29, 0.717) is 4.47 Å². The fraction of sp³-hybridized carbons (Fsp3) is 0.0667. The van der Waals surface area contributed by atoms with Crippen LogP contribution in [0.15, 0.2) is 67.9 Å². The maximum atomic E-state index is 12.3. The van der Waals surface area contributed by atoms with Gasteiger partial charge in [0.05, 0.1) is 11.2 Å². The summed E-state index contributed by atoms with van der Waals surface area (Å²) in [5.41, 5.74) is 0.949. The lowest BCUT2D eigenvalue weighted by Gasteiger charge is -2.07. The highest BCUT2D eigenvalue weighted by Crippen LogP contribution is 2.26. The van der Waals surface area contributed by atoms with E-state index in [0.717, 1.165) is 16.2 Å². The Hall–Kier alpha value is -1.41. The van der Waals surface area contributed by atoms with Gasteiger partial charge in [-0.05, 0) is 46.3 Å². The Kier molecular flexibility index (Phi) is 4.49. The van der Waals surface area contributed by atoms with Crippen LogP contribution >= 0.6 is 27.3 Å². The molecule has 0 aliphatic rings. The number of halogens is 1. The van der Waals surface area contributed by atoms with Crippen LogP contribution in [-0.2, 0) is 16.6 Å². The molecule has 0 radical (unpaired) electrons. The van der Waals surface area contributed by atoms with E-state index >= 15 is 0 Å². The van der Waals surface area contributed by atoms with Gasteiger partial charge in [0, 0.05) is 26.8 Å². The summed E-state index contributed by atoms with van der Waals surface area (Å²) in [5.74, 6) is 0.774. The van der Waals surface area contributed by atoms with Gasteiger partial charge in [0.25, 0.3) is 0 Å². The van der Waals surface area contributed by atoms with E-state index in [1.54, 1.807) is 30.5 Å². The second-order valence-corrected chi connectivity index (χ2v) is 8.12. The van der Waals surface area contributed by atoms with Crippen LogP contribution in [0.5, 0.6) is 0 Å². The van der Waals surface area contributed by atoms with Gasteiger partial charge in [0.2, 0.25) is 10.0 Å². The maximum absolute atomic E-state index is 12.3. The average Bonchev–Trinajstić information content (AvgIpc) is 3.17. The molecular weight excluding hydrogens is 386 g/mol. The van der Waals surface area contributed by atoms with Crippen molar-refractivity contribution in [2.75, 3.05) is 0 Å². The van der Waals surface area contributed by atoms with Crippen LogP contribution in [-0.4, -0.2) is 8.42 Å². The van der Waals surface area contributed by atoms with Gasteiger partial charge in [0.15, 0.2) is 0 Å². The molecule has 4 nitrogen and oxygen atoms in total. The van der Waals surface area contributed by atoms with Crippen LogP contribution in [0, 0.1) is 0 Å². The summed E-state index contributed by atoms with van der Waals surface area (Å²) in [6.07, 6.45) is 1.61. The third-order valence-corrected chi connectivity index (χ3v) is 6.37. The summed E-state index contributed by atoms with van der Waals surface area (Å²) in [6, 6.07) is 12.4. The minimum atomic E-state index is -3.55. The molecule has 0 amide bonds. The SMILES string of the molecule is O=S(=O)(NCc1cc(-c2ccco2)cs1)c1ccccc1Br. The van der Waals surface area contributed by atoms with E-state index in [1.165, 1.54) is 11.3 Å². The molecule has 0 spiro atoms. The number of thiophene rings is 1. The molecule has 2 aromatic heterocycles. The number of hydrogen-bond acceptors (Lipinski definition) is 4. The van der Waals surface area contributed by atoms with E-state index in [9.17, 15) is 8.42 Å². The zero-order valence-electron chi connectivity index (χ0n) is 11.3. The minimum absolute atomic E-state index is 0.234. The summed E-state index contributed by atoms with van der Waals surface area (Å²) < 4.78 is 33.1. The predicted molar refractivity (Wildman–Crippen MR) is 90.2 cm³/mol. The molecule has 3 aromatic rings. The summed E-state index contributed by atoms with van der Waals surface area (Å²) in [5, 5.41) is 1.95. The van der Waals surface area contributed by atoms with E-state index in [1.807, 2.05) is 23.6 Å². The Labute approximate surface area is 141 Å². The van der Waals surface area contributed by atoms with Crippen LogP contribution in [0.4, 0.5) is 0 Å². The van der Waals surface area contributed by atoms with Crippen LogP contribution < -0.4 is 4.72 Å². The van der Waals surface area contributed by atoms with Crippen molar-refractivity contribution in [1.82, 2.24) is 4.72 Å². The smallest absolute Gasteiger partial charge is 0.242 e. The molecule has 0 saturated carbocycles. The number of benzene rings is 1. The second kappa shape index (κ2) is 6.37. The molecule has 2 heterocycles. The van der Waals surface area contributed by atoms with Gasteiger partial charge in [-0.3, -0.25) is 0 Å². The quantitative estimate of drug-likeness (QED) is 0.699. The lowest BCUT2D eigenvalue weighted by atomic mass is 10.2. The first kappa shape index (κ1) is 15.5. The monoisotopic (exact) mass is 397 g/mol. The first-order valence-corrected chi connectivity index (χ1v) is 9.57. The van der Waals surface area contributed by atoms with Crippen LogP contribution in [0.25, 0.3) is 11.3 Å². The summed E-state index contributed by atoms with van der Waals surface area (Å²) in [4.78, 5) is 1.15. The van der Waals surface area contributed by atoms with E-state index < -0.39 is 10.0 Å². The lowest BCUT2D eigenvalue weighted by molar-refractivity contribution is 0.581. The third kappa shape index (κ3) is 3.33. The second-order valence-electron chi connectivity index (χ2n) is 4.53. The molecule has 0 aliphatic carbocycles. The van der Waals surface area contributed by atoms with Gasteiger partial charge in [-0.25, -0.2) is 13.1 Å². The zero-order chi connectivity index (χ0) is 15.6. The van der Waals surface area contributed by atoms with Crippen molar-refractivity contribution >= 4 is 37.3 Å².